The molecule has 0 aliphatic heterocycles. The second-order valence-corrected chi connectivity index (χ2v) is 11.1. The topological polar surface area (TPSA) is 74.6 Å². The van der Waals surface area contributed by atoms with Crippen LogP contribution in [0.5, 0.6) is 0 Å². The first-order valence-corrected chi connectivity index (χ1v) is 11.6. The summed E-state index contributed by atoms with van der Waals surface area (Å²) in [6, 6.07) is 0. The first kappa shape index (κ1) is 20.4. The summed E-state index contributed by atoms with van der Waals surface area (Å²) in [6.07, 6.45) is 9.14. The Balaban J connectivity index is 1.60. The van der Waals surface area contributed by atoms with Crippen LogP contribution in [0, 0.1) is 46.3 Å². The first-order valence-electron chi connectivity index (χ1n) is 11.6. The highest BCUT2D eigenvalue weighted by Gasteiger charge is 2.64. The fourth-order valence-corrected chi connectivity index (χ4v) is 8.60. The van der Waals surface area contributed by atoms with Crippen molar-refractivity contribution >= 4 is 11.8 Å². The van der Waals surface area contributed by atoms with E-state index in [0.29, 0.717) is 23.7 Å². The maximum atomic E-state index is 13.2. The molecule has 0 saturated heterocycles. The number of hydrogen-bond donors (Lipinski definition) is 2. The van der Waals surface area contributed by atoms with Gasteiger partial charge in [-0.05, 0) is 85.4 Å². The number of carboxylic acid groups (broad SMARTS) is 1. The van der Waals surface area contributed by atoms with E-state index in [0.717, 1.165) is 44.9 Å². The predicted molar refractivity (Wildman–Crippen MR) is 108 cm³/mol. The molecule has 0 unspecified atom stereocenters. The third kappa shape index (κ3) is 2.88. The number of hydrogen-bond acceptors (Lipinski definition) is 3. The van der Waals surface area contributed by atoms with Crippen LogP contribution >= 0.6 is 0 Å². The Morgan fingerprint density at radius 1 is 1.07 bits per heavy atom. The number of rotatable bonds is 4. The quantitative estimate of drug-likeness (QED) is 0.730. The first-order chi connectivity index (χ1) is 13.2. The Bertz CT molecular complexity index is 645. The summed E-state index contributed by atoms with van der Waals surface area (Å²) in [5.41, 5.74) is 0.214. The van der Waals surface area contributed by atoms with Crippen molar-refractivity contribution in [3.63, 3.8) is 0 Å². The van der Waals surface area contributed by atoms with E-state index in [4.69, 9.17) is 5.11 Å². The average Bonchev–Trinajstić information content (AvgIpc) is 3.01. The zero-order chi connectivity index (χ0) is 20.3. The van der Waals surface area contributed by atoms with E-state index < -0.39 is 12.1 Å². The summed E-state index contributed by atoms with van der Waals surface area (Å²) in [6.45, 7) is 6.95. The van der Waals surface area contributed by atoms with Crippen LogP contribution in [-0.2, 0) is 9.59 Å². The van der Waals surface area contributed by atoms with Gasteiger partial charge in [0.25, 0.3) is 0 Å². The normalized spacial score (nSPS) is 49.1. The van der Waals surface area contributed by atoms with E-state index in [1.807, 2.05) is 0 Å². The molecule has 0 amide bonds. The van der Waals surface area contributed by atoms with Crippen LogP contribution in [-0.4, -0.2) is 28.1 Å². The second kappa shape index (κ2) is 7.11. The lowest BCUT2D eigenvalue weighted by Gasteiger charge is -2.61. The number of Topliss-reactive ketones (excluding diaryl/α,β-unsaturated/α-hetero) is 1. The Kier molecular flexibility index (Phi) is 5.17. The molecule has 158 valence electrons. The van der Waals surface area contributed by atoms with Crippen molar-refractivity contribution < 1.29 is 19.8 Å². The number of fused-ring (bicyclic) bond motifs is 5. The van der Waals surface area contributed by atoms with Crippen LogP contribution < -0.4 is 0 Å². The number of aliphatic hydroxyl groups excluding tert-OH is 1. The highest BCUT2D eigenvalue weighted by Crippen LogP contribution is 2.67. The molecule has 4 fully saturated rings. The van der Waals surface area contributed by atoms with Crippen molar-refractivity contribution in [2.45, 2.75) is 91.1 Å². The van der Waals surface area contributed by atoms with Crippen molar-refractivity contribution in [3.8, 4) is 0 Å². The molecule has 0 radical (unpaired) electrons. The lowest BCUT2D eigenvalue weighted by Crippen LogP contribution is -2.61. The highest BCUT2D eigenvalue weighted by atomic mass is 16.4. The smallest absolute Gasteiger partial charge is 0.303 e. The van der Waals surface area contributed by atoms with E-state index >= 15 is 0 Å². The maximum Gasteiger partial charge on any atom is 0.303 e. The number of ketones is 1. The van der Waals surface area contributed by atoms with E-state index in [9.17, 15) is 14.7 Å². The average molecular weight is 391 g/mol. The van der Waals surface area contributed by atoms with Gasteiger partial charge in [-0.3, -0.25) is 9.59 Å². The molecule has 4 saturated carbocycles. The highest BCUT2D eigenvalue weighted by molar-refractivity contribution is 5.87. The third-order valence-electron chi connectivity index (χ3n) is 10.0. The van der Waals surface area contributed by atoms with Gasteiger partial charge in [-0.15, -0.1) is 0 Å². The number of carbonyl (C=O) groups is 2. The van der Waals surface area contributed by atoms with Gasteiger partial charge in [0.05, 0.1) is 0 Å². The van der Waals surface area contributed by atoms with E-state index in [1.165, 1.54) is 12.8 Å². The molecule has 0 bridgehead atoms. The standard InChI is InChI=1S/C24H38O4/c1-14(7-10-19(25)26)15-8-9-16-20-17(11-13-24(15,16)3)23(2)12-5-4-6-18(23)21(27)22(20)28/h14-18,20,22,28H,4-13H2,1-3H3,(H,25,26)/t14-,15-,16+,17+,18-,20+,22-,23-,24-/m1/s1. The molecular formula is C24H38O4. The Morgan fingerprint density at radius 2 is 1.79 bits per heavy atom. The molecule has 2 N–H and O–H groups in total. The monoisotopic (exact) mass is 390 g/mol. The summed E-state index contributed by atoms with van der Waals surface area (Å²) in [5.74, 6) is 1.37. The molecular weight excluding hydrogens is 352 g/mol. The van der Waals surface area contributed by atoms with Crippen LogP contribution in [0.1, 0.15) is 85.0 Å². The van der Waals surface area contributed by atoms with Gasteiger partial charge in [-0.25, -0.2) is 0 Å². The summed E-state index contributed by atoms with van der Waals surface area (Å²) in [4.78, 5) is 24.2. The molecule has 0 aromatic rings. The third-order valence-corrected chi connectivity index (χ3v) is 10.0. The Morgan fingerprint density at radius 3 is 2.50 bits per heavy atom. The Labute approximate surface area is 169 Å². The summed E-state index contributed by atoms with van der Waals surface area (Å²) in [7, 11) is 0. The molecule has 9 atom stereocenters. The Hall–Kier alpha value is -0.900. The molecule has 28 heavy (non-hydrogen) atoms. The molecule has 0 spiro atoms. The largest absolute Gasteiger partial charge is 0.481 e. The minimum Gasteiger partial charge on any atom is -0.481 e. The van der Waals surface area contributed by atoms with Gasteiger partial charge in [0.2, 0.25) is 0 Å². The summed E-state index contributed by atoms with van der Waals surface area (Å²) < 4.78 is 0. The fourth-order valence-electron chi connectivity index (χ4n) is 8.60. The summed E-state index contributed by atoms with van der Waals surface area (Å²) in [5, 5.41) is 20.2. The fraction of sp³-hybridized carbons (Fsp3) is 0.917. The van der Waals surface area contributed by atoms with Gasteiger partial charge >= 0.3 is 5.97 Å². The number of carboxylic acids is 1. The van der Waals surface area contributed by atoms with Crippen molar-refractivity contribution in [1.29, 1.82) is 0 Å². The lowest BCUT2D eigenvalue weighted by molar-refractivity contribution is -0.179. The van der Waals surface area contributed by atoms with Gasteiger partial charge in [0.1, 0.15) is 6.10 Å². The zero-order valence-electron chi connectivity index (χ0n) is 17.8. The van der Waals surface area contributed by atoms with Crippen LogP contribution in [0.3, 0.4) is 0 Å². The van der Waals surface area contributed by atoms with Crippen molar-refractivity contribution in [1.82, 2.24) is 0 Å². The van der Waals surface area contributed by atoms with Crippen molar-refractivity contribution in [2.75, 3.05) is 0 Å². The van der Waals surface area contributed by atoms with Gasteiger partial charge in [0.15, 0.2) is 5.78 Å². The molecule has 0 aromatic carbocycles. The van der Waals surface area contributed by atoms with Crippen LogP contribution in [0.25, 0.3) is 0 Å². The van der Waals surface area contributed by atoms with Crippen molar-refractivity contribution in [2.24, 2.45) is 46.3 Å². The molecule has 4 nitrogen and oxygen atoms in total. The SMILES string of the molecule is C[C@H](CCC(=O)O)[C@H]1CC[C@H]2[C@@H]3[C@@H](O)C(=O)[C@H]4CCCC[C@]4(C)[C@H]3CC[C@]12C. The summed E-state index contributed by atoms with van der Waals surface area (Å²) >= 11 is 0. The molecule has 4 heteroatoms. The number of carbonyl (C=O) groups excluding carboxylic acids is 1. The number of aliphatic carboxylic acids is 1. The second-order valence-electron chi connectivity index (χ2n) is 11.1. The van der Waals surface area contributed by atoms with Gasteiger partial charge in [-0.1, -0.05) is 33.6 Å². The van der Waals surface area contributed by atoms with Crippen LogP contribution in [0.2, 0.25) is 0 Å². The van der Waals surface area contributed by atoms with Gasteiger partial charge < -0.3 is 10.2 Å². The molecule has 4 aliphatic carbocycles. The predicted octanol–water partition coefficient (Wildman–Crippen LogP) is 4.69. The minimum atomic E-state index is -0.779. The van der Waals surface area contributed by atoms with E-state index in [1.54, 1.807) is 0 Å². The zero-order valence-corrected chi connectivity index (χ0v) is 17.8. The van der Waals surface area contributed by atoms with E-state index in [2.05, 4.69) is 20.8 Å². The van der Waals surface area contributed by atoms with Crippen LogP contribution in [0.4, 0.5) is 0 Å². The lowest BCUT2D eigenvalue weighted by atomic mass is 9.43. The molecule has 0 heterocycles. The van der Waals surface area contributed by atoms with Gasteiger partial charge in [-0.2, -0.15) is 0 Å². The molecule has 4 rings (SSSR count). The van der Waals surface area contributed by atoms with Crippen molar-refractivity contribution in [3.05, 3.63) is 0 Å². The molecule has 4 aliphatic rings. The molecule has 0 aromatic heterocycles. The van der Waals surface area contributed by atoms with Gasteiger partial charge in [0, 0.05) is 12.3 Å². The van der Waals surface area contributed by atoms with E-state index in [-0.39, 0.29) is 34.9 Å². The minimum absolute atomic E-state index is 0.0635. The van der Waals surface area contributed by atoms with Crippen LogP contribution in [0.15, 0.2) is 0 Å². The number of aliphatic hydroxyl groups is 1. The maximum absolute atomic E-state index is 13.2.